The molecular formula is C31H31F3N2O5. The van der Waals surface area contributed by atoms with Gasteiger partial charge in [0.25, 0.3) is 0 Å². The highest BCUT2D eigenvalue weighted by Crippen LogP contribution is 2.39. The lowest BCUT2D eigenvalue weighted by atomic mass is 9.97. The fraction of sp³-hybridized carbons (Fsp3) is 0.323. The van der Waals surface area contributed by atoms with Gasteiger partial charge in [-0.15, -0.1) is 13.2 Å². The maximum Gasteiger partial charge on any atom is 0.573 e. The Kier molecular flexibility index (Phi) is 9.31. The highest BCUT2D eigenvalue weighted by molar-refractivity contribution is 6.37. The Hall–Kier alpha value is -4.34. The first kappa shape index (κ1) is 29.6. The molecule has 10 heteroatoms. The van der Waals surface area contributed by atoms with Gasteiger partial charge in [0.15, 0.2) is 0 Å². The van der Waals surface area contributed by atoms with Gasteiger partial charge in [-0.1, -0.05) is 42.5 Å². The summed E-state index contributed by atoms with van der Waals surface area (Å²) in [6.45, 7) is 2.36. The number of carbonyl (C=O) groups is 3. The summed E-state index contributed by atoms with van der Waals surface area (Å²) < 4.78 is 42.1. The third-order valence-electron chi connectivity index (χ3n) is 6.99. The van der Waals surface area contributed by atoms with Crippen LogP contribution in [0.1, 0.15) is 43.2 Å². The largest absolute Gasteiger partial charge is 0.573 e. The first-order chi connectivity index (χ1) is 19.5. The number of nitrogens with zero attached hydrogens (tertiary/aromatic N) is 2. The number of aryl methyl sites for hydroxylation is 2. The highest BCUT2D eigenvalue weighted by atomic mass is 19.4. The topological polar surface area (TPSA) is 87.2 Å². The van der Waals surface area contributed by atoms with Crippen LogP contribution in [0.2, 0.25) is 0 Å². The molecule has 1 aliphatic heterocycles. The number of unbranched alkanes of at least 4 members (excludes halogenated alkanes) is 1. The Labute approximate surface area is 236 Å². The van der Waals surface area contributed by atoms with E-state index in [-0.39, 0.29) is 12.5 Å². The minimum absolute atomic E-state index is 0.0824. The van der Waals surface area contributed by atoms with Crippen molar-refractivity contribution >= 4 is 29.2 Å². The molecule has 41 heavy (non-hydrogen) atoms. The van der Waals surface area contributed by atoms with Crippen LogP contribution in [0.5, 0.6) is 5.75 Å². The van der Waals surface area contributed by atoms with Gasteiger partial charge in [-0.2, -0.15) is 0 Å². The quantitative estimate of drug-likeness (QED) is 0.235. The summed E-state index contributed by atoms with van der Waals surface area (Å²) in [6, 6.07) is 18.4. The maximum atomic E-state index is 12.9. The molecule has 0 aliphatic carbocycles. The Morgan fingerprint density at radius 2 is 1.71 bits per heavy atom. The molecule has 3 aromatic carbocycles. The number of aliphatic carboxylic acids is 1. The molecule has 7 nitrogen and oxygen atoms in total. The number of hydrogen-bond acceptors (Lipinski definition) is 4. The molecule has 4 rings (SSSR count). The smallest absolute Gasteiger partial charge is 0.474 e. The monoisotopic (exact) mass is 568 g/mol. The van der Waals surface area contributed by atoms with Gasteiger partial charge in [-0.25, -0.2) is 4.79 Å². The third-order valence-corrected chi connectivity index (χ3v) is 6.99. The van der Waals surface area contributed by atoms with Gasteiger partial charge in [0.2, 0.25) is 5.91 Å². The zero-order valence-electron chi connectivity index (χ0n) is 22.6. The predicted molar refractivity (Wildman–Crippen MR) is 149 cm³/mol. The second-order valence-corrected chi connectivity index (χ2v) is 9.94. The van der Waals surface area contributed by atoms with E-state index in [1.165, 1.54) is 29.2 Å². The fourth-order valence-corrected chi connectivity index (χ4v) is 5.01. The van der Waals surface area contributed by atoms with Gasteiger partial charge in [0.1, 0.15) is 5.75 Å². The number of carboxylic acid groups (broad SMARTS) is 1. The number of benzene rings is 3. The summed E-state index contributed by atoms with van der Waals surface area (Å²) in [7, 11) is 0. The second kappa shape index (κ2) is 12.9. The van der Waals surface area contributed by atoms with Crippen molar-refractivity contribution in [3.63, 3.8) is 0 Å². The minimum Gasteiger partial charge on any atom is -0.474 e. The van der Waals surface area contributed by atoms with Crippen LogP contribution in [0.4, 0.5) is 24.5 Å². The molecule has 1 fully saturated rings. The molecule has 0 radical (unpaired) electrons. The average molecular weight is 569 g/mol. The normalized spacial score (nSPS) is 13.7. The lowest BCUT2D eigenvalue weighted by Crippen LogP contribution is -2.38. The number of hydrogen-bond donors (Lipinski definition) is 1. The van der Waals surface area contributed by atoms with E-state index in [1.54, 1.807) is 24.0 Å². The number of piperidine rings is 1. The number of anilines is 2. The minimum atomic E-state index is -4.85. The Morgan fingerprint density at radius 3 is 2.34 bits per heavy atom. The van der Waals surface area contributed by atoms with Crippen LogP contribution in [-0.4, -0.2) is 42.3 Å². The van der Waals surface area contributed by atoms with Crippen LogP contribution < -0.4 is 14.5 Å². The third kappa shape index (κ3) is 7.65. The lowest BCUT2D eigenvalue weighted by molar-refractivity contribution is -0.274. The van der Waals surface area contributed by atoms with Gasteiger partial charge in [0.05, 0.1) is 5.69 Å². The summed E-state index contributed by atoms with van der Waals surface area (Å²) in [6.07, 6.45) is -0.905. The van der Waals surface area contributed by atoms with Crippen molar-refractivity contribution in [1.82, 2.24) is 0 Å². The van der Waals surface area contributed by atoms with Crippen molar-refractivity contribution in [3.8, 4) is 16.9 Å². The molecule has 0 spiro atoms. The van der Waals surface area contributed by atoms with E-state index < -0.39 is 24.0 Å². The van der Waals surface area contributed by atoms with Crippen molar-refractivity contribution < 1.29 is 37.4 Å². The maximum absolute atomic E-state index is 12.9. The van der Waals surface area contributed by atoms with E-state index in [4.69, 9.17) is 0 Å². The van der Waals surface area contributed by atoms with E-state index in [1.807, 2.05) is 30.3 Å². The molecule has 1 saturated heterocycles. The first-order valence-corrected chi connectivity index (χ1v) is 13.4. The number of halogens is 3. The van der Waals surface area contributed by atoms with E-state index in [0.29, 0.717) is 47.5 Å². The summed E-state index contributed by atoms with van der Waals surface area (Å²) in [5.41, 5.74) is 3.61. The molecular weight excluding hydrogens is 537 g/mol. The van der Waals surface area contributed by atoms with Gasteiger partial charge in [0, 0.05) is 30.8 Å². The number of ether oxygens (including phenoxy) is 1. The van der Waals surface area contributed by atoms with Crippen LogP contribution >= 0.6 is 0 Å². The predicted octanol–water partition coefficient (Wildman–Crippen LogP) is 6.52. The molecule has 0 atom stereocenters. The molecule has 0 saturated carbocycles. The number of alkyl halides is 3. The molecule has 1 heterocycles. The van der Waals surface area contributed by atoms with Crippen LogP contribution in [0.15, 0.2) is 66.7 Å². The molecule has 1 N–H and O–H groups in total. The molecule has 216 valence electrons. The van der Waals surface area contributed by atoms with Crippen LogP contribution in [0.25, 0.3) is 11.1 Å². The summed E-state index contributed by atoms with van der Waals surface area (Å²) in [4.78, 5) is 40.4. The average Bonchev–Trinajstić information content (AvgIpc) is 2.93. The SMILES string of the molecule is Cc1cc(N2CCCCC2=O)c(-c2ccc(OC(F)(F)F)cc2)cc1N(CCCCc1ccccc1)C(=O)C(=O)O. The van der Waals surface area contributed by atoms with Gasteiger partial charge in [-0.3, -0.25) is 9.59 Å². The van der Waals surface area contributed by atoms with E-state index in [0.717, 1.165) is 31.2 Å². The van der Waals surface area contributed by atoms with Crippen molar-refractivity contribution in [2.45, 2.75) is 51.8 Å². The molecule has 0 bridgehead atoms. The number of carbonyl (C=O) groups excluding carboxylic acids is 2. The summed E-state index contributed by atoms with van der Waals surface area (Å²) in [5, 5.41) is 9.59. The zero-order chi connectivity index (χ0) is 29.6. The highest BCUT2D eigenvalue weighted by Gasteiger charge is 2.31. The summed E-state index contributed by atoms with van der Waals surface area (Å²) >= 11 is 0. The summed E-state index contributed by atoms with van der Waals surface area (Å²) in [5.74, 6) is -3.17. The van der Waals surface area contributed by atoms with Crippen LogP contribution in [-0.2, 0) is 20.8 Å². The Balaban J connectivity index is 1.71. The molecule has 3 aromatic rings. The van der Waals surface area contributed by atoms with E-state index >= 15 is 0 Å². The van der Waals surface area contributed by atoms with Gasteiger partial charge >= 0.3 is 18.2 Å². The van der Waals surface area contributed by atoms with Crippen molar-refractivity contribution in [3.05, 3.63) is 77.9 Å². The second-order valence-electron chi connectivity index (χ2n) is 9.94. The first-order valence-electron chi connectivity index (χ1n) is 13.4. The lowest BCUT2D eigenvalue weighted by Gasteiger charge is -2.31. The number of rotatable bonds is 9. The standard InChI is InChI=1S/C31H31F3N2O5/c1-21-19-27(35-17-8-6-12-28(35)37)25(23-13-15-24(16-14-23)41-31(32,33)34)20-26(21)36(29(38)30(39)40)18-7-5-11-22-9-3-2-4-10-22/h2-4,9-10,13-16,19-20H,5-8,11-12,17-18H2,1H3,(H,39,40). The molecule has 2 amide bonds. The van der Waals surface area contributed by atoms with Crippen LogP contribution in [0, 0.1) is 6.92 Å². The number of carboxylic acids is 1. The van der Waals surface area contributed by atoms with Crippen molar-refractivity contribution in [2.24, 2.45) is 0 Å². The Bertz CT molecular complexity index is 1390. The van der Waals surface area contributed by atoms with Crippen LogP contribution in [0.3, 0.4) is 0 Å². The molecule has 0 aromatic heterocycles. The Morgan fingerprint density at radius 1 is 1.00 bits per heavy atom. The van der Waals surface area contributed by atoms with Gasteiger partial charge in [-0.05, 0) is 80.0 Å². The number of amides is 2. The van der Waals surface area contributed by atoms with Crippen molar-refractivity contribution in [2.75, 3.05) is 22.9 Å². The van der Waals surface area contributed by atoms with Gasteiger partial charge < -0.3 is 19.6 Å². The van der Waals surface area contributed by atoms with E-state index in [9.17, 15) is 32.7 Å². The fourth-order valence-electron chi connectivity index (χ4n) is 5.01. The zero-order valence-corrected chi connectivity index (χ0v) is 22.6. The van der Waals surface area contributed by atoms with Crippen molar-refractivity contribution in [1.29, 1.82) is 0 Å². The molecule has 1 aliphatic rings. The molecule has 0 unspecified atom stereocenters. The van der Waals surface area contributed by atoms with E-state index in [2.05, 4.69) is 4.74 Å².